The second-order valence-electron chi connectivity index (χ2n) is 9.10. The largest absolute Gasteiger partial charge is 0.332 e. The van der Waals surface area contributed by atoms with Gasteiger partial charge in [0.15, 0.2) is 0 Å². The Morgan fingerprint density at radius 2 is 1.74 bits per heavy atom. The number of rotatable bonds is 7. The van der Waals surface area contributed by atoms with Crippen LogP contribution in [0.4, 0.5) is 5.69 Å². The predicted octanol–water partition coefficient (Wildman–Crippen LogP) is 3.34. The Bertz CT molecular complexity index is 1760. The minimum atomic E-state index is -0.693. The highest BCUT2D eigenvalue weighted by Crippen LogP contribution is 2.16. The van der Waals surface area contributed by atoms with E-state index in [1.807, 2.05) is 55.5 Å². The van der Waals surface area contributed by atoms with Gasteiger partial charge in [0.2, 0.25) is 5.91 Å². The van der Waals surface area contributed by atoms with Crippen LogP contribution in [0.3, 0.4) is 0 Å². The fraction of sp³-hybridized carbons (Fsp3) is 0.200. The highest BCUT2D eigenvalue weighted by Gasteiger charge is 2.17. The van der Waals surface area contributed by atoms with E-state index in [4.69, 9.17) is 11.6 Å². The van der Waals surface area contributed by atoms with E-state index in [9.17, 15) is 19.2 Å². The number of halogens is 1. The molecular weight excluding hydrogens is 516 g/mol. The van der Waals surface area contributed by atoms with Crippen LogP contribution in [0.5, 0.6) is 0 Å². The summed E-state index contributed by atoms with van der Waals surface area (Å²) < 4.78 is 3.62. The maximum Gasteiger partial charge on any atom is 0.332 e. The normalized spacial score (nSPS) is 10.5. The molecule has 4 rings (SSSR count). The van der Waals surface area contributed by atoms with Crippen molar-refractivity contribution in [1.29, 1.82) is 0 Å². The average Bonchev–Trinajstić information content (AvgIpc) is 2.93. The van der Waals surface area contributed by atoms with Crippen molar-refractivity contribution in [2.24, 2.45) is 7.05 Å². The third-order valence-corrected chi connectivity index (χ3v) is 6.55. The second-order valence-corrected chi connectivity index (χ2v) is 9.46. The first-order valence-corrected chi connectivity index (χ1v) is 12.7. The summed E-state index contributed by atoms with van der Waals surface area (Å²) in [5.41, 5.74) is 2.10. The molecule has 1 amide bonds. The number of aryl methyl sites for hydroxylation is 2. The van der Waals surface area contributed by atoms with Gasteiger partial charge in [-0.3, -0.25) is 23.5 Å². The van der Waals surface area contributed by atoms with Crippen molar-refractivity contribution < 1.29 is 4.79 Å². The molecule has 8 nitrogen and oxygen atoms in total. The molecule has 39 heavy (non-hydrogen) atoms. The number of carbonyl (C=O) groups is 1. The van der Waals surface area contributed by atoms with Gasteiger partial charge in [-0.1, -0.05) is 71.5 Å². The zero-order chi connectivity index (χ0) is 27.9. The molecule has 198 valence electrons. The van der Waals surface area contributed by atoms with E-state index in [2.05, 4.69) is 17.2 Å². The van der Waals surface area contributed by atoms with Crippen LogP contribution in [0.25, 0.3) is 0 Å². The van der Waals surface area contributed by atoms with Crippen LogP contribution in [0.2, 0.25) is 5.15 Å². The predicted molar refractivity (Wildman–Crippen MR) is 152 cm³/mol. The van der Waals surface area contributed by atoms with Gasteiger partial charge in [0, 0.05) is 31.3 Å². The molecule has 0 saturated carbocycles. The number of anilines is 1. The van der Waals surface area contributed by atoms with E-state index < -0.39 is 11.2 Å². The lowest BCUT2D eigenvalue weighted by atomic mass is 10.1. The highest BCUT2D eigenvalue weighted by atomic mass is 35.5. The standard InChI is InChI=1S/C30H27ClN4O4/c1-21-11-13-22(14-12-21)15-16-25(36)32-27-28(31)35(30(39)33(2)29(27)38)18-6-9-23-7-5-8-24(19-23)20-34-17-4-3-10-26(34)37/h3-5,7-8,10-14,17,19H,15-16,18,20H2,1-2H3,(H,32,36). The molecule has 0 aliphatic rings. The van der Waals surface area contributed by atoms with Crippen molar-refractivity contribution in [3.8, 4) is 11.8 Å². The van der Waals surface area contributed by atoms with Crippen LogP contribution in [0.1, 0.15) is 28.7 Å². The number of nitrogens with zero attached hydrogens (tertiary/aromatic N) is 3. The van der Waals surface area contributed by atoms with Crippen molar-refractivity contribution in [3.63, 3.8) is 0 Å². The van der Waals surface area contributed by atoms with Gasteiger partial charge >= 0.3 is 5.69 Å². The molecule has 2 aromatic heterocycles. The van der Waals surface area contributed by atoms with E-state index >= 15 is 0 Å². The van der Waals surface area contributed by atoms with Gasteiger partial charge in [0.25, 0.3) is 11.1 Å². The number of amides is 1. The molecular formula is C30H27ClN4O4. The topological polar surface area (TPSA) is 95.1 Å². The number of hydrogen-bond donors (Lipinski definition) is 1. The SMILES string of the molecule is Cc1ccc(CCC(=O)Nc2c(Cl)n(CC#Cc3cccc(Cn4ccccc4=O)c3)c(=O)n(C)c2=O)cc1. The number of aromatic nitrogens is 3. The van der Waals surface area contributed by atoms with Crippen molar-refractivity contribution in [2.45, 2.75) is 32.9 Å². The average molecular weight is 543 g/mol. The Labute approximate surface area is 230 Å². The number of pyridine rings is 1. The molecule has 1 N–H and O–H groups in total. The molecule has 0 atom stereocenters. The van der Waals surface area contributed by atoms with Gasteiger partial charge in [-0.25, -0.2) is 4.79 Å². The third kappa shape index (κ3) is 6.83. The summed E-state index contributed by atoms with van der Waals surface area (Å²) in [7, 11) is 1.32. The van der Waals surface area contributed by atoms with Crippen LogP contribution in [-0.4, -0.2) is 19.6 Å². The zero-order valence-corrected chi connectivity index (χ0v) is 22.4. The fourth-order valence-corrected chi connectivity index (χ4v) is 4.22. The molecule has 4 aromatic rings. The van der Waals surface area contributed by atoms with Crippen molar-refractivity contribution in [2.75, 3.05) is 5.32 Å². The van der Waals surface area contributed by atoms with Crippen LogP contribution in [0, 0.1) is 18.8 Å². The van der Waals surface area contributed by atoms with Crippen molar-refractivity contribution >= 4 is 23.2 Å². The summed E-state index contributed by atoms with van der Waals surface area (Å²) in [6, 6.07) is 20.2. The molecule has 0 aliphatic carbocycles. The number of benzene rings is 2. The summed E-state index contributed by atoms with van der Waals surface area (Å²) in [5, 5.41) is 2.39. The lowest BCUT2D eigenvalue weighted by molar-refractivity contribution is -0.116. The Morgan fingerprint density at radius 1 is 0.974 bits per heavy atom. The first-order valence-electron chi connectivity index (χ1n) is 12.3. The van der Waals surface area contributed by atoms with E-state index in [1.54, 1.807) is 22.9 Å². The second kappa shape index (κ2) is 12.3. The quantitative estimate of drug-likeness (QED) is 0.286. The summed E-state index contributed by atoms with van der Waals surface area (Å²) in [5.74, 6) is 5.52. The van der Waals surface area contributed by atoms with E-state index in [0.717, 1.165) is 25.8 Å². The van der Waals surface area contributed by atoms with Gasteiger partial charge in [0.05, 0.1) is 13.1 Å². The van der Waals surface area contributed by atoms with Crippen LogP contribution < -0.4 is 22.1 Å². The fourth-order valence-electron chi connectivity index (χ4n) is 3.96. The van der Waals surface area contributed by atoms with Crippen LogP contribution in [-0.2, 0) is 31.4 Å². The molecule has 0 radical (unpaired) electrons. The molecule has 0 aliphatic heterocycles. The lowest BCUT2D eigenvalue weighted by Gasteiger charge is -2.13. The zero-order valence-electron chi connectivity index (χ0n) is 21.6. The molecule has 0 spiro atoms. The summed E-state index contributed by atoms with van der Waals surface area (Å²) in [4.78, 5) is 50.0. The third-order valence-electron chi connectivity index (χ3n) is 6.15. The van der Waals surface area contributed by atoms with Crippen molar-refractivity contribution in [1.82, 2.24) is 13.7 Å². The molecule has 0 fully saturated rings. The number of nitrogens with one attached hydrogen (secondary N) is 1. The molecule has 2 aromatic carbocycles. The molecule has 0 bridgehead atoms. The highest BCUT2D eigenvalue weighted by molar-refractivity contribution is 6.32. The Morgan fingerprint density at radius 3 is 2.49 bits per heavy atom. The maximum absolute atomic E-state index is 12.7. The van der Waals surface area contributed by atoms with Gasteiger partial charge in [0.1, 0.15) is 10.8 Å². The van der Waals surface area contributed by atoms with Gasteiger partial charge in [-0.2, -0.15) is 0 Å². The Hall–Kier alpha value is -4.61. The minimum absolute atomic E-state index is 0.0968. The Kier molecular flexibility index (Phi) is 8.64. The summed E-state index contributed by atoms with van der Waals surface area (Å²) in [6.45, 7) is 2.29. The molecule has 0 unspecified atom stereocenters. The van der Waals surface area contributed by atoms with E-state index in [1.165, 1.54) is 13.1 Å². The lowest BCUT2D eigenvalue weighted by Crippen LogP contribution is -2.40. The van der Waals surface area contributed by atoms with E-state index in [0.29, 0.717) is 18.5 Å². The Balaban J connectivity index is 1.50. The number of carbonyl (C=O) groups excluding carboxylic acids is 1. The molecule has 9 heteroatoms. The van der Waals surface area contributed by atoms with Gasteiger partial charge in [-0.05, 0) is 42.7 Å². The van der Waals surface area contributed by atoms with Crippen molar-refractivity contribution in [3.05, 3.63) is 132 Å². The maximum atomic E-state index is 12.7. The van der Waals surface area contributed by atoms with Gasteiger partial charge < -0.3 is 9.88 Å². The van der Waals surface area contributed by atoms with E-state index in [-0.39, 0.29) is 35.3 Å². The van der Waals surface area contributed by atoms with Gasteiger partial charge in [-0.15, -0.1) is 0 Å². The first kappa shape index (κ1) is 27.4. The molecule has 0 saturated heterocycles. The molecule has 2 heterocycles. The summed E-state index contributed by atoms with van der Waals surface area (Å²) in [6.07, 6.45) is 2.35. The monoisotopic (exact) mass is 542 g/mol. The van der Waals surface area contributed by atoms with Crippen LogP contribution >= 0.6 is 11.6 Å². The summed E-state index contributed by atoms with van der Waals surface area (Å²) >= 11 is 6.42. The minimum Gasteiger partial charge on any atom is -0.319 e. The smallest absolute Gasteiger partial charge is 0.319 e. The first-order chi connectivity index (χ1) is 18.7. The number of hydrogen-bond acceptors (Lipinski definition) is 4. The van der Waals surface area contributed by atoms with Crippen LogP contribution in [0.15, 0.2) is 87.3 Å².